The second-order valence-corrected chi connectivity index (χ2v) is 9.57. The number of carbonyl (C=O) groups excluding carboxylic acids is 3. The third-order valence-electron chi connectivity index (χ3n) is 7.71. The number of aliphatic hydroxyl groups excluding tert-OH is 1. The van der Waals surface area contributed by atoms with Crippen LogP contribution in [-0.2, 0) is 23.9 Å². The van der Waals surface area contributed by atoms with E-state index in [1.165, 1.54) is 4.90 Å². The van der Waals surface area contributed by atoms with Crippen molar-refractivity contribution >= 4 is 23.5 Å². The van der Waals surface area contributed by atoms with Crippen LogP contribution >= 0.6 is 0 Å². The third-order valence-corrected chi connectivity index (χ3v) is 7.71. The van der Waals surface area contributed by atoms with Gasteiger partial charge in [-0.15, -0.1) is 0 Å². The van der Waals surface area contributed by atoms with Crippen LogP contribution in [0.5, 0.6) is 5.75 Å². The number of benzene rings is 1. The lowest BCUT2D eigenvalue weighted by Crippen LogP contribution is -2.58. The van der Waals surface area contributed by atoms with Gasteiger partial charge in [0.25, 0.3) is 5.91 Å². The molecule has 0 aromatic heterocycles. The van der Waals surface area contributed by atoms with Crippen molar-refractivity contribution in [2.45, 2.75) is 43.6 Å². The summed E-state index contributed by atoms with van der Waals surface area (Å²) in [7, 11) is 1.57. The van der Waals surface area contributed by atoms with Crippen LogP contribution in [0.1, 0.15) is 20.3 Å². The molecule has 0 saturated carbocycles. The van der Waals surface area contributed by atoms with Gasteiger partial charge in [-0.25, -0.2) is 0 Å². The number of aliphatic hydroxyl groups is 1. The first-order valence-corrected chi connectivity index (χ1v) is 11.9. The van der Waals surface area contributed by atoms with Gasteiger partial charge in [-0.2, -0.15) is 0 Å². The molecule has 4 heterocycles. The van der Waals surface area contributed by atoms with Gasteiger partial charge >= 0.3 is 5.97 Å². The number of amides is 2. The Labute approximate surface area is 203 Å². The number of ether oxygens (including phenoxy) is 3. The summed E-state index contributed by atoms with van der Waals surface area (Å²) in [5.74, 6) is -2.45. The van der Waals surface area contributed by atoms with Crippen LogP contribution in [-0.4, -0.2) is 77.9 Å². The third kappa shape index (κ3) is 3.32. The molecule has 5 rings (SSSR count). The Morgan fingerprint density at radius 3 is 2.51 bits per heavy atom. The summed E-state index contributed by atoms with van der Waals surface area (Å²) in [5, 5.41) is 10.1. The van der Waals surface area contributed by atoms with Crippen molar-refractivity contribution in [3.8, 4) is 5.75 Å². The minimum Gasteiger partial charge on any atom is -0.497 e. The van der Waals surface area contributed by atoms with Crippen LogP contribution in [0.2, 0.25) is 0 Å². The zero-order valence-electron chi connectivity index (χ0n) is 20.0. The first-order valence-electron chi connectivity index (χ1n) is 11.9. The summed E-state index contributed by atoms with van der Waals surface area (Å²) < 4.78 is 17.3. The average molecular weight is 483 g/mol. The molecule has 4 aliphatic heterocycles. The van der Waals surface area contributed by atoms with Crippen LogP contribution in [0.25, 0.3) is 0 Å². The van der Waals surface area contributed by atoms with E-state index in [4.69, 9.17) is 14.2 Å². The van der Waals surface area contributed by atoms with Crippen LogP contribution in [0.3, 0.4) is 0 Å². The monoisotopic (exact) mass is 482 g/mol. The van der Waals surface area contributed by atoms with Crippen molar-refractivity contribution in [3.63, 3.8) is 0 Å². The summed E-state index contributed by atoms with van der Waals surface area (Å²) in [4.78, 5) is 44.4. The molecule has 2 saturated heterocycles. The highest BCUT2D eigenvalue weighted by Crippen LogP contribution is 2.57. The molecule has 1 N–H and O–H groups in total. The van der Waals surface area contributed by atoms with E-state index in [1.807, 2.05) is 13.0 Å². The van der Waals surface area contributed by atoms with Crippen molar-refractivity contribution in [1.29, 1.82) is 0 Å². The van der Waals surface area contributed by atoms with Gasteiger partial charge in [-0.1, -0.05) is 25.2 Å². The number of fused-ring (bicyclic) bond motifs is 2. The lowest BCUT2D eigenvalue weighted by atomic mass is 9.75. The predicted molar refractivity (Wildman–Crippen MR) is 126 cm³/mol. The van der Waals surface area contributed by atoms with E-state index in [-0.39, 0.29) is 31.6 Å². The van der Waals surface area contributed by atoms with E-state index in [2.05, 4.69) is 0 Å². The Hall–Kier alpha value is -3.17. The van der Waals surface area contributed by atoms with E-state index < -0.39 is 41.1 Å². The Kier molecular flexibility index (Phi) is 5.72. The molecular weight excluding hydrogens is 452 g/mol. The van der Waals surface area contributed by atoms with E-state index in [0.717, 1.165) is 0 Å². The second-order valence-electron chi connectivity index (χ2n) is 9.57. The molecule has 186 valence electrons. The summed E-state index contributed by atoms with van der Waals surface area (Å²) >= 11 is 0. The number of cyclic esters (lactones) is 1. The number of esters is 1. The van der Waals surface area contributed by atoms with Crippen LogP contribution in [0.4, 0.5) is 5.69 Å². The highest BCUT2D eigenvalue weighted by molar-refractivity contribution is 6.05. The Balaban J connectivity index is 1.65. The van der Waals surface area contributed by atoms with Crippen molar-refractivity contribution in [3.05, 3.63) is 48.6 Å². The van der Waals surface area contributed by atoms with Crippen molar-refractivity contribution < 1.29 is 33.7 Å². The van der Waals surface area contributed by atoms with Crippen molar-refractivity contribution in [1.82, 2.24) is 4.90 Å². The highest BCUT2D eigenvalue weighted by atomic mass is 16.6. The minimum absolute atomic E-state index is 0.101. The molecule has 6 atom stereocenters. The van der Waals surface area contributed by atoms with Crippen molar-refractivity contribution in [2.75, 3.05) is 31.8 Å². The quantitative estimate of drug-likeness (QED) is 0.500. The lowest BCUT2D eigenvalue weighted by Gasteiger charge is -2.39. The molecule has 0 radical (unpaired) electrons. The van der Waals surface area contributed by atoms with Gasteiger partial charge in [0.1, 0.15) is 29.9 Å². The smallest absolute Gasteiger partial charge is 0.313 e. The van der Waals surface area contributed by atoms with Gasteiger partial charge in [0.15, 0.2) is 0 Å². The Morgan fingerprint density at radius 2 is 1.86 bits per heavy atom. The van der Waals surface area contributed by atoms with Crippen LogP contribution in [0, 0.1) is 11.8 Å². The maximum atomic E-state index is 14.2. The number of hydrogen-bond acceptors (Lipinski definition) is 7. The van der Waals surface area contributed by atoms with E-state index in [1.54, 1.807) is 61.4 Å². The van der Waals surface area contributed by atoms with Crippen molar-refractivity contribution in [2.24, 2.45) is 11.8 Å². The number of anilines is 1. The number of nitrogens with zero attached hydrogens (tertiary/aromatic N) is 2. The predicted octanol–water partition coefficient (Wildman–Crippen LogP) is 1.45. The lowest BCUT2D eigenvalue weighted by molar-refractivity contribution is -0.157. The summed E-state index contributed by atoms with van der Waals surface area (Å²) in [5.41, 5.74) is -1.85. The number of hydrogen-bond donors (Lipinski definition) is 1. The zero-order chi connectivity index (χ0) is 25.0. The maximum Gasteiger partial charge on any atom is 0.313 e. The molecule has 9 heteroatoms. The van der Waals surface area contributed by atoms with Gasteiger partial charge in [-0.3, -0.25) is 14.4 Å². The van der Waals surface area contributed by atoms with E-state index in [0.29, 0.717) is 17.9 Å². The fourth-order valence-corrected chi connectivity index (χ4v) is 6.10. The molecule has 2 amide bonds. The number of carbonyl (C=O) groups is 3. The molecule has 1 spiro atoms. The first kappa shape index (κ1) is 23.6. The van der Waals surface area contributed by atoms with Gasteiger partial charge in [0.2, 0.25) is 5.91 Å². The average Bonchev–Trinajstić information content (AvgIpc) is 3.11. The number of methoxy groups -OCH3 is 1. The second kappa shape index (κ2) is 8.49. The molecule has 9 nitrogen and oxygen atoms in total. The molecule has 35 heavy (non-hydrogen) atoms. The molecule has 0 aliphatic carbocycles. The maximum absolute atomic E-state index is 14.2. The number of likely N-dealkylation sites (tertiary alicyclic amines) is 1. The molecule has 1 unspecified atom stereocenters. The fourth-order valence-electron chi connectivity index (χ4n) is 6.10. The molecule has 0 bridgehead atoms. The standard InChI is InChI=1S/C26H30N2O7/c1-4-16(15-29)28-21-23(31)27(17-7-9-18(33-3)10-8-17)13-5-12-26(21)19(22(28)30)20-24(32)34-14-6-11-25(20,2)35-26/h5-12,16,19-21,29H,4,13-15H2,1-3H3/t16-,19-,20+,21?,25-,26-/m0/s1. The molecule has 2 fully saturated rings. The van der Waals surface area contributed by atoms with Gasteiger partial charge < -0.3 is 29.1 Å². The topological polar surface area (TPSA) is 106 Å². The van der Waals surface area contributed by atoms with Crippen LogP contribution in [0.15, 0.2) is 48.6 Å². The Morgan fingerprint density at radius 1 is 1.11 bits per heavy atom. The van der Waals surface area contributed by atoms with Gasteiger partial charge in [-0.05, 0) is 43.7 Å². The van der Waals surface area contributed by atoms with E-state index >= 15 is 0 Å². The molecule has 4 aliphatic rings. The van der Waals surface area contributed by atoms with Gasteiger partial charge in [0.05, 0.1) is 31.3 Å². The summed E-state index contributed by atoms with van der Waals surface area (Å²) in [6.07, 6.45) is 7.49. The number of rotatable bonds is 5. The molecule has 1 aromatic carbocycles. The highest BCUT2D eigenvalue weighted by Gasteiger charge is 2.75. The van der Waals surface area contributed by atoms with E-state index in [9.17, 15) is 19.5 Å². The summed E-state index contributed by atoms with van der Waals surface area (Å²) in [6.45, 7) is 3.66. The van der Waals surface area contributed by atoms with Crippen LogP contribution < -0.4 is 9.64 Å². The first-order chi connectivity index (χ1) is 16.8. The SMILES string of the molecule is CC[C@@H](CO)N1C(=O)[C@@H]2[C@@H]3C(=O)OCC=C[C@]3(C)O[C@@]23C=CCN(c2ccc(OC)cc2)C(=O)C13. The largest absolute Gasteiger partial charge is 0.497 e. The molecule has 1 aromatic rings. The minimum atomic E-state index is -1.38. The zero-order valence-corrected chi connectivity index (χ0v) is 20.0. The molecular formula is C26H30N2O7. The van der Waals surface area contributed by atoms with Gasteiger partial charge in [0, 0.05) is 12.2 Å². The fraction of sp³-hybridized carbons (Fsp3) is 0.500. The summed E-state index contributed by atoms with van der Waals surface area (Å²) in [6, 6.07) is 5.44. The Bertz CT molecular complexity index is 1100. The normalized spacial score (nSPS) is 34.6.